The Morgan fingerprint density at radius 3 is 2.58 bits per heavy atom. The molecular weight excluding hydrogens is 408 g/mol. The lowest BCUT2D eigenvalue weighted by Crippen LogP contribution is -2.32. The number of Topliss-reactive ketones (excluding diaryl/α,β-unsaturated/α-hetero) is 1. The standard InChI is InChI=1S/C25H34N2O3S/c1-14-12-15(2)26-24(29)20(14)13-27-11-5-6-21-22(25(27)30)17(4)23(31-21)16(3)18-7-9-19(28)10-8-18/h12,16,18,25,30H,5-11,13H2,1-4H3,(H,26,29)/t16-,25?/m1/s1. The molecule has 1 aliphatic heterocycles. The fourth-order valence-corrected chi connectivity index (χ4v) is 6.96. The van der Waals surface area contributed by atoms with Gasteiger partial charge in [-0.25, -0.2) is 0 Å². The number of fused-ring (bicyclic) bond motifs is 1. The molecule has 0 saturated heterocycles. The molecule has 0 aromatic carbocycles. The molecule has 6 heteroatoms. The molecule has 4 rings (SSSR count). The third-order valence-electron chi connectivity index (χ3n) is 7.32. The summed E-state index contributed by atoms with van der Waals surface area (Å²) in [5, 5.41) is 11.4. The molecule has 2 atom stereocenters. The number of carbonyl (C=O) groups excluding carboxylic acids is 1. The van der Waals surface area contributed by atoms with Crippen LogP contribution < -0.4 is 5.56 Å². The van der Waals surface area contributed by atoms with Crippen molar-refractivity contribution < 1.29 is 9.90 Å². The summed E-state index contributed by atoms with van der Waals surface area (Å²) in [5.74, 6) is 1.35. The van der Waals surface area contributed by atoms with Crippen LogP contribution in [0.1, 0.15) is 88.9 Å². The van der Waals surface area contributed by atoms with Gasteiger partial charge in [0.15, 0.2) is 0 Å². The number of nitrogens with zero attached hydrogens (tertiary/aromatic N) is 1. The first-order valence-corrected chi connectivity index (χ1v) is 12.3. The number of hydrogen-bond acceptors (Lipinski definition) is 5. The summed E-state index contributed by atoms with van der Waals surface area (Å²) in [6.07, 6.45) is 4.62. The summed E-state index contributed by atoms with van der Waals surface area (Å²) in [5.41, 5.74) is 4.78. The molecule has 1 aliphatic carbocycles. The highest BCUT2D eigenvalue weighted by Crippen LogP contribution is 2.45. The second-order valence-electron chi connectivity index (χ2n) is 9.48. The van der Waals surface area contributed by atoms with E-state index < -0.39 is 6.23 Å². The van der Waals surface area contributed by atoms with Crippen molar-refractivity contribution >= 4 is 17.1 Å². The maximum Gasteiger partial charge on any atom is 0.252 e. The van der Waals surface area contributed by atoms with Gasteiger partial charge in [-0.1, -0.05) is 6.92 Å². The highest BCUT2D eigenvalue weighted by atomic mass is 32.1. The lowest BCUT2D eigenvalue weighted by molar-refractivity contribution is -0.121. The minimum atomic E-state index is -0.692. The van der Waals surface area contributed by atoms with Crippen LogP contribution in [-0.4, -0.2) is 27.3 Å². The number of aryl methyl sites for hydroxylation is 3. The van der Waals surface area contributed by atoms with Gasteiger partial charge in [0.25, 0.3) is 5.56 Å². The second kappa shape index (κ2) is 9.00. The Balaban J connectivity index is 1.60. The summed E-state index contributed by atoms with van der Waals surface area (Å²) < 4.78 is 0. The van der Waals surface area contributed by atoms with E-state index in [1.54, 1.807) is 0 Å². The van der Waals surface area contributed by atoms with Crippen molar-refractivity contribution in [2.24, 2.45) is 5.92 Å². The SMILES string of the molecule is Cc1cc(C)c(CN2CCCc3sc([C@H](C)C4CCC(=O)CC4)c(C)c3C2O)c(=O)[nH]1. The number of ketones is 1. The van der Waals surface area contributed by atoms with Crippen LogP contribution in [0, 0.1) is 26.7 Å². The molecule has 2 aromatic heterocycles. The first kappa shape index (κ1) is 22.4. The fourth-order valence-electron chi connectivity index (χ4n) is 5.43. The number of carbonyl (C=O) groups is 1. The van der Waals surface area contributed by atoms with Crippen molar-refractivity contribution in [3.8, 4) is 0 Å². The van der Waals surface area contributed by atoms with E-state index in [2.05, 4.69) is 18.8 Å². The van der Waals surface area contributed by atoms with Gasteiger partial charge in [-0.2, -0.15) is 0 Å². The summed E-state index contributed by atoms with van der Waals surface area (Å²) in [7, 11) is 0. The number of pyridine rings is 1. The number of thiophene rings is 1. The Morgan fingerprint density at radius 2 is 1.90 bits per heavy atom. The van der Waals surface area contributed by atoms with Gasteiger partial charge in [-0.05, 0) is 75.5 Å². The predicted molar refractivity (Wildman–Crippen MR) is 125 cm³/mol. The lowest BCUT2D eigenvalue weighted by atomic mass is 9.79. The van der Waals surface area contributed by atoms with E-state index >= 15 is 0 Å². The predicted octanol–water partition coefficient (Wildman–Crippen LogP) is 4.66. The van der Waals surface area contributed by atoms with Crippen LogP contribution in [0.2, 0.25) is 0 Å². The van der Waals surface area contributed by atoms with Gasteiger partial charge in [0, 0.05) is 52.5 Å². The zero-order valence-electron chi connectivity index (χ0n) is 19.1. The van der Waals surface area contributed by atoms with Crippen LogP contribution in [0.3, 0.4) is 0 Å². The van der Waals surface area contributed by atoms with Gasteiger partial charge in [-0.3, -0.25) is 14.5 Å². The van der Waals surface area contributed by atoms with Crippen molar-refractivity contribution in [3.63, 3.8) is 0 Å². The van der Waals surface area contributed by atoms with Crippen molar-refractivity contribution in [1.82, 2.24) is 9.88 Å². The summed E-state index contributed by atoms with van der Waals surface area (Å²) in [6.45, 7) is 9.52. The topological polar surface area (TPSA) is 73.4 Å². The zero-order valence-corrected chi connectivity index (χ0v) is 19.9. The molecule has 1 fully saturated rings. The number of hydrogen-bond donors (Lipinski definition) is 2. The van der Waals surface area contributed by atoms with E-state index in [9.17, 15) is 14.7 Å². The maximum atomic E-state index is 12.5. The normalized spacial score (nSPS) is 21.7. The molecule has 1 saturated carbocycles. The third kappa shape index (κ3) is 4.43. The first-order valence-electron chi connectivity index (χ1n) is 11.5. The molecule has 168 valence electrons. The number of rotatable bonds is 4. The molecule has 0 amide bonds. The van der Waals surface area contributed by atoms with Gasteiger partial charge in [-0.15, -0.1) is 11.3 Å². The number of H-pyrrole nitrogens is 1. The highest BCUT2D eigenvalue weighted by Gasteiger charge is 2.33. The van der Waals surface area contributed by atoms with E-state index in [1.165, 1.54) is 15.3 Å². The molecule has 0 bridgehead atoms. The van der Waals surface area contributed by atoms with E-state index in [1.807, 2.05) is 36.2 Å². The van der Waals surface area contributed by atoms with Crippen LogP contribution >= 0.6 is 11.3 Å². The van der Waals surface area contributed by atoms with Gasteiger partial charge in [0.2, 0.25) is 0 Å². The minimum Gasteiger partial charge on any atom is -0.374 e. The molecule has 31 heavy (non-hydrogen) atoms. The number of aromatic nitrogens is 1. The Hall–Kier alpha value is -1.76. The summed E-state index contributed by atoms with van der Waals surface area (Å²) in [6, 6.07) is 2.00. The fraction of sp³-hybridized carbons (Fsp3) is 0.600. The van der Waals surface area contributed by atoms with Crippen LogP contribution in [0.4, 0.5) is 0 Å². The Kier molecular flexibility index (Phi) is 6.52. The van der Waals surface area contributed by atoms with Gasteiger partial charge >= 0.3 is 0 Å². The number of nitrogens with one attached hydrogen (secondary N) is 1. The quantitative estimate of drug-likeness (QED) is 0.722. The van der Waals surface area contributed by atoms with Crippen molar-refractivity contribution in [1.29, 1.82) is 0 Å². The summed E-state index contributed by atoms with van der Waals surface area (Å²) in [4.78, 5) is 31.8. The van der Waals surface area contributed by atoms with Crippen molar-refractivity contribution in [3.05, 3.63) is 54.1 Å². The Bertz CT molecular complexity index is 1030. The molecule has 5 nitrogen and oxygen atoms in total. The third-order valence-corrected chi connectivity index (χ3v) is 8.89. The van der Waals surface area contributed by atoms with E-state index in [-0.39, 0.29) is 5.56 Å². The molecule has 1 unspecified atom stereocenters. The summed E-state index contributed by atoms with van der Waals surface area (Å²) >= 11 is 1.86. The smallest absolute Gasteiger partial charge is 0.252 e. The van der Waals surface area contributed by atoms with Crippen LogP contribution in [-0.2, 0) is 17.8 Å². The molecule has 0 spiro atoms. The van der Waals surface area contributed by atoms with E-state index in [0.717, 1.165) is 54.6 Å². The Morgan fingerprint density at radius 1 is 1.19 bits per heavy atom. The molecule has 0 radical (unpaired) electrons. The molecular formula is C25H34N2O3S. The van der Waals surface area contributed by atoms with Crippen LogP contribution in [0.5, 0.6) is 0 Å². The average molecular weight is 443 g/mol. The molecule has 2 N–H and O–H groups in total. The second-order valence-corrected chi connectivity index (χ2v) is 10.6. The number of aromatic amines is 1. The van der Waals surface area contributed by atoms with Gasteiger partial charge in [0.1, 0.15) is 12.0 Å². The molecule has 2 aliphatic rings. The van der Waals surface area contributed by atoms with Crippen LogP contribution in [0.25, 0.3) is 0 Å². The van der Waals surface area contributed by atoms with E-state index in [0.29, 0.717) is 37.0 Å². The average Bonchev–Trinajstić information content (AvgIpc) is 2.95. The molecule has 3 heterocycles. The molecule has 2 aromatic rings. The van der Waals surface area contributed by atoms with Gasteiger partial charge in [0.05, 0.1) is 0 Å². The lowest BCUT2D eigenvalue weighted by Gasteiger charge is -2.29. The Labute approximate surface area is 188 Å². The first-order chi connectivity index (χ1) is 14.8. The number of aliphatic hydroxyl groups excluding tert-OH is 1. The zero-order chi connectivity index (χ0) is 22.3. The van der Waals surface area contributed by atoms with E-state index in [4.69, 9.17) is 0 Å². The largest absolute Gasteiger partial charge is 0.374 e. The minimum absolute atomic E-state index is 0.0580. The number of aliphatic hydroxyl groups is 1. The van der Waals surface area contributed by atoms with Crippen molar-refractivity contribution in [2.45, 2.75) is 84.9 Å². The monoisotopic (exact) mass is 442 g/mol. The highest BCUT2D eigenvalue weighted by molar-refractivity contribution is 7.12. The van der Waals surface area contributed by atoms with Crippen LogP contribution in [0.15, 0.2) is 10.9 Å². The maximum absolute atomic E-state index is 12.5. The van der Waals surface area contributed by atoms with Crippen molar-refractivity contribution in [2.75, 3.05) is 6.54 Å². The van der Waals surface area contributed by atoms with Gasteiger partial charge < -0.3 is 10.1 Å².